The topological polar surface area (TPSA) is 79.1 Å². The lowest BCUT2D eigenvalue weighted by Gasteiger charge is -2.05. The van der Waals surface area contributed by atoms with Gasteiger partial charge in [0.15, 0.2) is 0 Å². The molecule has 5 N–H and O–H groups in total. The first-order valence-corrected chi connectivity index (χ1v) is 4.03. The van der Waals surface area contributed by atoms with Gasteiger partial charge in [-0.25, -0.2) is 9.97 Å². The molecule has 1 heterocycles. The fraction of sp³-hybridized carbons (Fsp3) is 0.429. The van der Waals surface area contributed by atoms with Crippen LogP contribution < -0.4 is 16.5 Å². The van der Waals surface area contributed by atoms with Gasteiger partial charge in [-0.05, 0) is 0 Å². The van der Waals surface area contributed by atoms with E-state index in [-0.39, 0.29) is 11.1 Å². The molecule has 0 saturated carbocycles. The number of nitrogens with zero attached hydrogens (tertiary/aromatic N) is 1. The Hall–Kier alpha value is -1.03. The summed E-state index contributed by atoms with van der Waals surface area (Å²) in [6, 6.07) is 0. The van der Waals surface area contributed by atoms with Crippen LogP contribution >= 0.6 is 11.6 Å². The van der Waals surface area contributed by atoms with Crippen molar-refractivity contribution < 1.29 is 4.98 Å². The smallest absolute Gasteiger partial charge is 0.255 e. The average molecular weight is 188 g/mol. The molecule has 0 spiro atoms. The third-order valence-corrected chi connectivity index (χ3v) is 1.82. The van der Waals surface area contributed by atoms with E-state index in [0.717, 1.165) is 5.69 Å². The van der Waals surface area contributed by atoms with Crippen molar-refractivity contribution in [3.05, 3.63) is 10.8 Å². The van der Waals surface area contributed by atoms with Crippen molar-refractivity contribution in [2.75, 3.05) is 11.5 Å². The van der Waals surface area contributed by atoms with Gasteiger partial charge in [-0.2, -0.15) is 0 Å². The molecule has 0 saturated heterocycles. The number of rotatable bonds is 1. The highest BCUT2D eigenvalue weighted by Gasteiger charge is 2.13. The third kappa shape index (κ3) is 1.58. The minimum absolute atomic E-state index is 0.236. The van der Waals surface area contributed by atoms with Gasteiger partial charge in [-0.3, -0.25) is 0 Å². The van der Waals surface area contributed by atoms with E-state index < -0.39 is 0 Å². The Balaban J connectivity index is 3.23. The largest absolute Gasteiger partial charge is 0.317 e. The number of anilines is 2. The molecule has 5 heteroatoms. The number of aromatic amines is 1. The molecule has 0 aromatic carbocycles. The zero-order valence-electron chi connectivity index (χ0n) is 7.06. The number of nitrogen functional groups attached to an aromatic ring is 2. The van der Waals surface area contributed by atoms with E-state index in [1.54, 1.807) is 0 Å². The Morgan fingerprint density at radius 2 is 1.92 bits per heavy atom. The van der Waals surface area contributed by atoms with Crippen LogP contribution in [-0.2, 0) is 0 Å². The summed E-state index contributed by atoms with van der Waals surface area (Å²) in [7, 11) is 0. The molecule has 0 atom stereocenters. The molecular weight excluding hydrogens is 176 g/mol. The van der Waals surface area contributed by atoms with Crippen LogP contribution in [0.4, 0.5) is 11.6 Å². The van der Waals surface area contributed by atoms with Crippen molar-refractivity contribution in [2.45, 2.75) is 19.8 Å². The molecule has 0 aliphatic carbocycles. The first kappa shape index (κ1) is 9.06. The van der Waals surface area contributed by atoms with Crippen molar-refractivity contribution in [3.63, 3.8) is 0 Å². The van der Waals surface area contributed by atoms with E-state index in [0.29, 0.717) is 11.6 Å². The summed E-state index contributed by atoms with van der Waals surface area (Å²) in [5, 5.41) is 0.271. The number of H-pyrrole nitrogens is 1. The standard InChI is InChI=1S/C7H11ClN4/c1-3(2)4-6(9)12-7(10)5(8)11-4/h3H,1-2H3,(H4,9,10,12)/p+1. The minimum Gasteiger partial charge on any atom is -0.317 e. The number of nitrogens with one attached hydrogen (secondary N) is 1. The van der Waals surface area contributed by atoms with Gasteiger partial charge >= 0.3 is 0 Å². The highest BCUT2D eigenvalue weighted by atomic mass is 35.5. The van der Waals surface area contributed by atoms with Crippen LogP contribution in [0.15, 0.2) is 0 Å². The quantitative estimate of drug-likeness (QED) is 0.684. The Bertz CT molecular complexity index is 298. The van der Waals surface area contributed by atoms with Gasteiger partial charge < -0.3 is 11.5 Å². The van der Waals surface area contributed by atoms with Crippen LogP contribution in [0.1, 0.15) is 25.5 Å². The van der Waals surface area contributed by atoms with Crippen molar-refractivity contribution in [1.82, 2.24) is 4.98 Å². The summed E-state index contributed by atoms with van der Waals surface area (Å²) in [4.78, 5) is 6.81. The van der Waals surface area contributed by atoms with Gasteiger partial charge in [0.05, 0.1) is 0 Å². The zero-order chi connectivity index (χ0) is 9.30. The molecule has 0 amide bonds. The molecule has 0 aliphatic heterocycles. The number of halogens is 1. The third-order valence-electron chi connectivity index (χ3n) is 1.53. The summed E-state index contributed by atoms with van der Waals surface area (Å²) < 4.78 is 0. The van der Waals surface area contributed by atoms with E-state index in [9.17, 15) is 0 Å². The summed E-state index contributed by atoms with van der Waals surface area (Å²) in [5.41, 5.74) is 11.8. The molecule has 12 heavy (non-hydrogen) atoms. The molecule has 1 aromatic heterocycles. The molecule has 0 aliphatic rings. The van der Waals surface area contributed by atoms with Gasteiger partial charge in [0.1, 0.15) is 5.69 Å². The minimum atomic E-state index is 0.236. The van der Waals surface area contributed by atoms with Crippen LogP contribution in [0.5, 0.6) is 0 Å². The number of hydrogen-bond acceptors (Lipinski definition) is 3. The molecular formula is C7H12ClN4+. The maximum Gasteiger partial charge on any atom is 0.255 e. The lowest BCUT2D eigenvalue weighted by molar-refractivity contribution is -0.344. The fourth-order valence-corrected chi connectivity index (χ4v) is 1.07. The molecule has 0 bridgehead atoms. The Morgan fingerprint density at radius 1 is 1.33 bits per heavy atom. The zero-order valence-corrected chi connectivity index (χ0v) is 7.81. The molecule has 4 nitrogen and oxygen atoms in total. The van der Waals surface area contributed by atoms with E-state index in [1.807, 2.05) is 13.8 Å². The summed E-state index contributed by atoms with van der Waals surface area (Å²) in [6.07, 6.45) is 0. The van der Waals surface area contributed by atoms with E-state index in [1.165, 1.54) is 0 Å². The second-order valence-corrected chi connectivity index (χ2v) is 3.25. The predicted octanol–water partition coefficient (Wildman–Crippen LogP) is 0.837. The van der Waals surface area contributed by atoms with Crippen LogP contribution in [0, 0.1) is 0 Å². The van der Waals surface area contributed by atoms with Crippen molar-refractivity contribution in [1.29, 1.82) is 0 Å². The lowest BCUT2D eigenvalue weighted by Crippen LogP contribution is -2.20. The Labute approximate surface area is 75.9 Å². The van der Waals surface area contributed by atoms with Crippen molar-refractivity contribution >= 4 is 23.2 Å². The highest BCUT2D eigenvalue weighted by Crippen LogP contribution is 2.19. The Morgan fingerprint density at radius 3 is 2.42 bits per heavy atom. The van der Waals surface area contributed by atoms with Gasteiger partial charge in [-0.1, -0.05) is 25.4 Å². The first-order chi connectivity index (χ1) is 5.52. The summed E-state index contributed by atoms with van der Waals surface area (Å²) in [6.45, 7) is 3.97. The monoisotopic (exact) mass is 187 g/mol. The van der Waals surface area contributed by atoms with E-state index >= 15 is 0 Å². The first-order valence-electron chi connectivity index (χ1n) is 3.66. The SMILES string of the molecule is CC(C)c1nc(Cl)c(N)[nH+]c1N. The van der Waals surface area contributed by atoms with Crippen LogP contribution in [0.25, 0.3) is 0 Å². The molecule has 66 valence electrons. The normalized spacial score (nSPS) is 10.7. The molecule has 1 aromatic rings. The average Bonchev–Trinajstić information content (AvgIpc) is 1.96. The predicted molar refractivity (Wildman–Crippen MR) is 48.7 cm³/mol. The molecule has 0 unspecified atom stereocenters. The Kier molecular flexibility index (Phi) is 2.38. The second-order valence-electron chi connectivity index (χ2n) is 2.89. The molecule has 1 rings (SSSR count). The summed E-state index contributed by atoms with van der Waals surface area (Å²) in [5.74, 6) is 1.02. The fourth-order valence-electron chi connectivity index (χ4n) is 0.927. The second kappa shape index (κ2) is 3.15. The molecule has 0 radical (unpaired) electrons. The van der Waals surface area contributed by atoms with Crippen molar-refractivity contribution in [3.8, 4) is 0 Å². The van der Waals surface area contributed by atoms with E-state index in [4.69, 9.17) is 23.1 Å². The van der Waals surface area contributed by atoms with Gasteiger partial charge in [0.25, 0.3) is 5.82 Å². The maximum absolute atomic E-state index is 5.71. The van der Waals surface area contributed by atoms with E-state index in [2.05, 4.69) is 9.97 Å². The highest BCUT2D eigenvalue weighted by molar-refractivity contribution is 6.31. The van der Waals surface area contributed by atoms with Gasteiger partial charge in [-0.15, -0.1) is 0 Å². The summed E-state index contributed by atoms with van der Waals surface area (Å²) >= 11 is 5.71. The number of aromatic nitrogens is 2. The van der Waals surface area contributed by atoms with Crippen LogP contribution in [0.3, 0.4) is 0 Å². The molecule has 0 fully saturated rings. The van der Waals surface area contributed by atoms with Crippen LogP contribution in [0.2, 0.25) is 5.15 Å². The number of hydrogen-bond donors (Lipinski definition) is 2. The maximum atomic E-state index is 5.71. The van der Waals surface area contributed by atoms with Crippen molar-refractivity contribution in [2.24, 2.45) is 0 Å². The lowest BCUT2D eigenvalue weighted by atomic mass is 10.1. The van der Waals surface area contributed by atoms with Gasteiger partial charge in [0, 0.05) is 5.92 Å². The number of nitrogens with two attached hydrogens (primary N) is 2. The van der Waals surface area contributed by atoms with Crippen LogP contribution in [-0.4, -0.2) is 4.98 Å². The van der Waals surface area contributed by atoms with Gasteiger partial charge in [0.2, 0.25) is 11.0 Å².